The van der Waals surface area contributed by atoms with Gasteiger partial charge in [-0.05, 0) is 24.6 Å². The maximum absolute atomic E-state index is 11.8. The van der Waals surface area contributed by atoms with Crippen LogP contribution in [0.3, 0.4) is 0 Å². The van der Waals surface area contributed by atoms with Crippen molar-refractivity contribution >= 4 is 27.8 Å². The van der Waals surface area contributed by atoms with Crippen molar-refractivity contribution in [3.63, 3.8) is 0 Å². The molecule has 1 atom stereocenters. The summed E-state index contributed by atoms with van der Waals surface area (Å²) in [5, 5.41) is 2.71. The van der Waals surface area contributed by atoms with Crippen molar-refractivity contribution in [1.82, 2.24) is 14.9 Å². The number of benzene rings is 1. The van der Waals surface area contributed by atoms with Gasteiger partial charge in [0.15, 0.2) is 6.61 Å². The molecule has 0 spiro atoms. The number of rotatable bonds is 6. The van der Waals surface area contributed by atoms with E-state index < -0.39 is 36.3 Å². The van der Waals surface area contributed by atoms with Crippen molar-refractivity contribution in [2.75, 3.05) is 6.61 Å². The van der Waals surface area contributed by atoms with E-state index in [1.807, 2.05) is 36.2 Å². The van der Waals surface area contributed by atoms with Gasteiger partial charge in [0.2, 0.25) is 0 Å². The van der Waals surface area contributed by atoms with Crippen LogP contribution in [0.25, 0.3) is 0 Å². The molecule has 0 fully saturated rings. The lowest BCUT2D eigenvalue weighted by atomic mass is 10.1. The molecule has 1 heterocycles. The molecule has 0 unspecified atom stereocenters. The number of nitrogens with one attached hydrogen (secondary N) is 2. The topological polar surface area (TPSA) is 110 Å². The third-order valence-electron chi connectivity index (χ3n) is 3.31. The number of carbonyl (C=O) groups is 2. The van der Waals surface area contributed by atoms with Crippen molar-refractivity contribution < 1.29 is 14.3 Å². The fourth-order valence-electron chi connectivity index (χ4n) is 2.02. The zero-order valence-corrected chi connectivity index (χ0v) is 14.9. The SMILES string of the molecule is C[C@@H](NC(=O)COC(=O)Cn1ccc(=O)[nH]c1=O)c1ccc(Br)cc1. The van der Waals surface area contributed by atoms with Gasteiger partial charge in [0.1, 0.15) is 6.54 Å². The standard InChI is InChI=1S/C16H16BrN3O5/c1-10(11-2-4-12(17)5-3-11)18-14(22)9-25-15(23)8-20-7-6-13(21)19-16(20)24/h2-7,10H,8-9H2,1H3,(H,18,22)(H,19,21,24)/t10-/m1/s1. The normalized spacial score (nSPS) is 11.6. The predicted molar refractivity (Wildman–Crippen MR) is 93.0 cm³/mol. The quantitative estimate of drug-likeness (QED) is 0.682. The van der Waals surface area contributed by atoms with Gasteiger partial charge < -0.3 is 10.1 Å². The van der Waals surface area contributed by atoms with Gasteiger partial charge in [-0.1, -0.05) is 28.1 Å². The van der Waals surface area contributed by atoms with Crippen LogP contribution in [0.4, 0.5) is 0 Å². The van der Waals surface area contributed by atoms with E-state index in [1.54, 1.807) is 0 Å². The third kappa shape index (κ3) is 5.71. The first-order valence-corrected chi connectivity index (χ1v) is 8.14. The summed E-state index contributed by atoms with van der Waals surface area (Å²) in [5.41, 5.74) is -0.378. The Morgan fingerprint density at radius 3 is 2.56 bits per heavy atom. The summed E-state index contributed by atoms with van der Waals surface area (Å²) in [6.07, 6.45) is 1.18. The number of esters is 1. The Hall–Kier alpha value is -2.68. The molecule has 0 saturated heterocycles. The molecule has 8 nitrogen and oxygen atoms in total. The Bertz CT molecular complexity index is 872. The molecule has 0 radical (unpaired) electrons. The lowest BCUT2D eigenvalue weighted by Crippen LogP contribution is -2.34. The summed E-state index contributed by atoms with van der Waals surface area (Å²) < 4.78 is 6.75. The molecule has 0 saturated carbocycles. The summed E-state index contributed by atoms with van der Waals surface area (Å²) >= 11 is 3.33. The number of ether oxygens (including phenoxy) is 1. The number of H-pyrrole nitrogens is 1. The van der Waals surface area contributed by atoms with Crippen LogP contribution in [0.2, 0.25) is 0 Å². The Kier molecular flexibility index (Phi) is 6.29. The minimum absolute atomic E-state index is 0.249. The van der Waals surface area contributed by atoms with E-state index in [9.17, 15) is 19.2 Å². The average Bonchev–Trinajstić information content (AvgIpc) is 2.56. The van der Waals surface area contributed by atoms with E-state index in [1.165, 1.54) is 6.20 Å². The van der Waals surface area contributed by atoms with E-state index >= 15 is 0 Å². The highest BCUT2D eigenvalue weighted by atomic mass is 79.9. The first-order chi connectivity index (χ1) is 11.8. The first-order valence-electron chi connectivity index (χ1n) is 7.35. The van der Waals surface area contributed by atoms with Crippen LogP contribution in [-0.4, -0.2) is 28.0 Å². The maximum Gasteiger partial charge on any atom is 0.328 e. The van der Waals surface area contributed by atoms with E-state index in [0.717, 1.165) is 20.7 Å². The average molecular weight is 410 g/mol. The van der Waals surface area contributed by atoms with E-state index in [0.29, 0.717) is 0 Å². The third-order valence-corrected chi connectivity index (χ3v) is 3.84. The summed E-state index contributed by atoms with van der Waals surface area (Å²) in [6.45, 7) is 0.950. The van der Waals surface area contributed by atoms with E-state index in [-0.39, 0.29) is 6.04 Å². The van der Waals surface area contributed by atoms with Gasteiger partial charge >= 0.3 is 11.7 Å². The van der Waals surface area contributed by atoms with Gasteiger partial charge in [0.25, 0.3) is 11.5 Å². The lowest BCUT2D eigenvalue weighted by molar-refractivity contribution is -0.149. The molecule has 0 aliphatic rings. The van der Waals surface area contributed by atoms with E-state index in [4.69, 9.17) is 4.74 Å². The molecule has 2 aromatic rings. The number of aromatic nitrogens is 2. The van der Waals surface area contributed by atoms with Crippen LogP contribution in [0.1, 0.15) is 18.5 Å². The highest BCUT2D eigenvalue weighted by Gasteiger charge is 2.12. The Morgan fingerprint density at radius 2 is 1.92 bits per heavy atom. The lowest BCUT2D eigenvalue weighted by Gasteiger charge is -2.14. The molecule has 1 amide bonds. The second-order valence-corrected chi connectivity index (χ2v) is 6.16. The van der Waals surface area contributed by atoms with Crippen LogP contribution < -0.4 is 16.6 Å². The van der Waals surface area contributed by atoms with Crippen molar-refractivity contribution in [2.24, 2.45) is 0 Å². The van der Waals surface area contributed by atoms with Gasteiger partial charge in [-0.15, -0.1) is 0 Å². The molecule has 0 aliphatic heterocycles. The molecule has 25 heavy (non-hydrogen) atoms. The highest BCUT2D eigenvalue weighted by molar-refractivity contribution is 9.10. The van der Waals surface area contributed by atoms with Crippen molar-refractivity contribution in [3.05, 3.63) is 67.4 Å². The van der Waals surface area contributed by atoms with Crippen LogP contribution >= 0.6 is 15.9 Å². The molecule has 1 aromatic carbocycles. The first kappa shape index (κ1) is 18.7. The van der Waals surface area contributed by atoms with Gasteiger partial charge in [-0.2, -0.15) is 0 Å². The molecule has 0 bridgehead atoms. The number of carbonyl (C=O) groups excluding carboxylic acids is 2. The van der Waals surface area contributed by atoms with Crippen LogP contribution in [0.15, 0.2) is 50.6 Å². The predicted octanol–water partition coefficient (Wildman–Crippen LogP) is 0.720. The maximum atomic E-state index is 11.8. The van der Waals surface area contributed by atoms with Crippen LogP contribution in [-0.2, 0) is 20.9 Å². The second-order valence-electron chi connectivity index (χ2n) is 5.24. The van der Waals surface area contributed by atoms with Gasteiger partial charge in [0, 0.05) is 16.7 Å². The molecule has 2 rings (SSSR count). The fourth-order valence-corrected chi connectivity index (χ4v) is 2.28. The largest absolute Gasteiger partial charge is 0.454 e. The molecule has 9 heteroatoms. The van der Waals surface area contributed by atoms with Crippen molar-refractivity contribution in [3.8, 4) is 0 Å². The number of halogens is 1. The fraction of sp³-hybridized carbons (Fsp3) is 0.250. The monoisotopic (exact) mass is 409 g/mol. The summed E-state index contributed by atoms with van der Waals surface area (Å²) in [6, 6.07) is 8.31. The van der Waals surface area contributed by atoms with Gasteiger partial charge in [0.05, 0.1) is 6.04 Å². The van der Waals surface area contributed by atoms with Crippen molar-refractivity contribution in [2.45, 2.75) is 19.5 Å². The number of hydrogen-bond acceptors (Lipinski definition) is 5. The molecule has 1 aromatic heterocycles. The molecule has 0 aliphatic carbocycles. The van der Waals surface area contributed by atoms with Crippen LogP contribution in [0, 0.1) is 0 Å². The Labute approximate surface area is 151 Å². The summed E-state index contributed by atoms with van der Waals surface area (Å²) in [4.78, 5) is 48.0. The Morgan fingerprint density at radius 1 is 1.24 bits per heavy atom. The number of amides is 1. The minimum Gasteiger partial charge on any atom is -0.454 e. The van der Waals surface area contributed by atoms with Gasteiger partial charge in [-0.3, -0.25) is 23.9 Å². The Balaban J connectivity index is 1.82. The van der Waals surface area contributed by atoms with Crippen LogP contribution in [0.5, 0.6) is 0 Å². The molecule has 132 valence electrons. The second kappa shape index (κ2) is 8.43. The molecule has 2 N–H and O–H groups in total. The van der Waals surface area contributed by atoms with E-state index in [2.05, 4.69) is 21.2 Å². The minimum atomic E-state index is -0.763. The van der Waals surface area contributed by atoms with Crippen molar-refractivity contribution in [1.29, 1.82) is 0 Å². The summed E-state index contributed by atoms with van der Waals surface area (Å²) in [7, 11) is 0. The zero-order valence-electron chi connectivity index (χ0n) is 13.3. The molecular formula is C16H16BrN3O5. The molecular weight excluding hydrogens is 394 g/mol. The summed E-state index contributed by atoms with van der Waals surface area (Å²) in [5.74, 6) is -1.22. The number of aromatic amines is 1. The number of nitrogens with zero attached hydrogens (tertiary/aromatic N) is 1. The smallest absolute Gasteiger partial charge is 0.328 e. The highest BCUT2D eigenvalue weighted by Crippen LogP contribution is 2.16. The zero-order chi connectivity index (χ0) is 18.4. The van der Waals surface area contributed by atoms with Gasteiger partial charge in [-0.25, -0.2) is 4.79 Å². The number of hydrogen-bond donors (Lipinski definition) is 2.